The van der Waals surface area contributed by atoms with E-state index in [9.17, 15) is 17.7 Å². The quantitative estimate of drug-likeness (QED) is 0.726. The number of halogens is 3. The van der Waals surface area contributed by atoms with Crippen LogP contribution in [0.3, 0.4) is 0 Å². The molecule has 1 aromatic rings. The summed E-state index contributed by atoms with van der Waals surface area (Å²) in [5.41, 5.74) is -0.853. The van der Waals surface area contributed by atoms with Gasteiger partial charge < -0.3 is 23.0 Å². The predicted octanol–water partition coefficient (Wildman–Crippen LogP) is 0.863. The second-order valence-electron chi connectivity index (χ2n) is 3.43. The molecular formula is C9H8BF3NO2-. The van der Waals surface area contributed by atoms with E-state index in [0.29, 0.717) is 6.54 Å². The van der Waals surface area contributed by atoms with Crippen LogP contribution in [-0.4, -0.2) is 26.0 Å². The van der Waals surface area contributed by atoms with Crippen LogP contribution in [0.2, 0.25) is 0 Å². The first-order valence-electron chi connectivity index (χ1n) is 4.73. The van der Waals surface area contributed by atoms with Gasteiger partial charge in [-0.3, -0.25) is 4.79 Å². The van der Waals surface area contributed by atoms with Crippen LogP contribution in [0.25, 0.3) is 0 Å². The fraction of sp³-hybridized carbons (Fsp3) is 0.222. The molecule has 0 aromatic heterocycles. The minimum atomic E-state index is -5.09. The molecule has 7 heteroatoms. The summed E-state index contributed by atoms with van der Waals surface area (Å²) >= 11 is 0. The maximum absolute atomic E-state index is 12.5. The molecule has 16 heavy (non-hydrogen) atoms. The monoisotopic (exact) mass is 230 g/mol. The molecule has 1 aliphatic heterocycles. The molecule has 3 nitrogen and oxygen atoms in total. The molecule has 1 N–H and O–H groups in total. The normalized spacial score (nSPS) is 15.8. The molecule has 1 heterocycles. The molecule has 0 aliphatic carbocycles. The maximum atomic E-state index is 12.5. The van der Waals surface area contributed by atoms with Crippen molar-refractivity contribution in [1.82, 2.24) is 5.32 Å². The van der Waals surface area contributed by atoms with Crippen LogP contribution in [0.4, 0.5) is 12.9 Å². The van der Waals surface area contributed by atoms with E-state index in [4.69, 9.17) is 4.74 Å². The lowest BCUT2D eigenvalue weighted by atomic mass is 9.79. The predicted molar refractivity (Wildman–Crippen MR) is 53.0 cm³/mol. The van der Waals surface area contributed by atoms with Crippen LogP contribution < -0.4 is 15.5 Å². The highest BCUT2D eigenvalue weighted by Crippen LogP contribution is 2.21. The number of carbonyl (C=O) groups excluding carboxylic acids is 1. The number of ether oxygens (including phenoxy) is 1. The number of hydrogen-bond donors (Lipinski definition) is 1. The van der Waals surface area contributed by atoms with Crippen LogP contribution in [0, 0.1) is 0 Å². The van der Waals surface area contributed by atoms with Crippen molar-refractivity contribution >= 4 is 18.3 Å². The zero-order chi connectivity index (χ0) is 11.8. The molecule has 0 bridgehead atoms. The molecule has 0 saturated carbocycles. The minimum absolute atomic E-state index is 0.0609. The molecule has 1 amide bonds. The Kier molecular flexibility index (Phi) is 2.53. The van der Waals surface area contributed by atoms with Crippen LogP contribution in [-0.2, 0) is 0 Å². The van der Waals surface area contributed by atoms with Gasteiger partial charge in [0.15, 0.2) is 0 Å². The third-order valence-electron chi connectivity index (χ3n) is 2.27. The highest BCUT2D eigenvalue weighted by atomic mass is 19.4. The maximum Gasteiger partial charge on any atom is 0.509 e. The summed E-state index contributed by atoms with van der Waals surface area (Å²) in [4.78, 5) is 11.4. The lowest BCUT2D eigenvalue weighted by Gasteiger charge is -2.16. The standard InChI is InChI=1S/C9H8BF3NO2/c11-10(12,13)6-1-2-8-7(5-6)9(15)14-3-4-16-8/h1-2,5H,3-4H2,(H,14,15)/q-1. The summed E-state index contributed by atoms with van der Waals surface area (Å²) in [6, 6.07) is 2.94. The molecular weight excluding hydrogens is 222 g/mol. The molecule has 0 atom stereocenters. The Morgan fingerprint density at radius 3 is 2.75 bits per heavy atom. The molecule has 86 valence electrons. The highest BCUT2D eigenvalue weighted by molar-refractivity contribution is 6.73. The number of carbonyl (C=O) groups is 1. The molecule has 0 spiro atoms. The van der Waals surface area contributed by atoms with Gasteiger partial charge in [-0.05, 0) is 6.07 Å². The van der Waals surface area contributed by atoms with Gasteiger partial charge in [0.2, 0.25) is 0 Å². The fourth-order valence-electron chi connectivity index (χ4n) is 1.48. The average molecular weight is 230 g/mol. The summed E-state index contributed by atoms with van der Waals surface area (Å²) in [6.07, 6.45) is 0. The smallest absolute Gasteiger partial charge is 0.491 e. The number of rotatable bonds is 1. The van der Waals surface area contributed by atoms with Crippen molar-refractivity contribution < 1.29 is 22.5 Å². The topological polar surface area (TPSA) is 38.3 Å². The number of hydrogen-bond acceptors (Lipinski definition) is 2. The van der Waals surface area contributed by atoms with E-state index in [0.717, 1.165) is 12.1 Å². The van der Waals surface area contributed by atoms with Gasteiger partial charge in [-0.2, -0.15) is 0 Å². The molecule has 0 radical (unpaired) electrons. The third-order valence-corrected chi connectivity index (χ3v) is 2.27. The number of fused-ring (bicyclic) bond motifs is 1. The number of amides is 1. The first-order valence-corrected chi connectivity index (χ1v) is 4.73. The molecule has 0 unspecified atom stereocenters. The third kappa shape index (κ3) is 1.98. The lowest BCUT2D eigenvalue weighted by molar-refractivity contribution is 0.0957. The lowest BCUT2D eigenvalue weighted by Crippen LogP contribution is -2.35. The fourth-order valence-corrected chi connectivity index (χ4v) is 1.48. The van der Waals surface area contributed by atoms with Crippen LogP contribution in [0.15, 0.2) is 18.2 Å². The number of nitrogens with one attached hydrogen (secondary N) is 1. The van der Waals surface area contributed by atoms with Gasteiger partial charge in [-0.15, -0.1) is 5.46 Å². The summed E-state index contributed by atoms with van der Waals surface area (Å²) in [5, 5.41) is 2.46. The molecule has 1 aliphatic rings. The summed E-state index contributed by atoms with van der Waals surface area (Å²) in [5.74, 6) is -0.340. The van der Waals surface area contributed by atoms with Gasteiger partial charge in [0, 0.05) is 0 Å². The first kappa shape index (κ1) is 10.8. The van der Waals surface area contributed by atoms with Crippen molar-refractivity contribution in [3.63, 3.8) is 0 Å². The zero-order valence-corrected chi connectivity index (χ0v) is 8.17. The van der Waals surface area contributed by atoms with Gasteiger partial charge in [0.25, 0.3) is 5.91 Å². The zero-order valence-electron chi connectivity index (χ0n) is 8.17. The molecule has 2 rings (SSSR count). The Hall–Kier alpha value is -1.66. The summed E-state index contributed by atoms with van der Waals surface area (Å²) in [6.45, 7) is -4.54. The molecule has 0 saturated heterocycles. The van der Waals surface area contributed by atoms with Gasteiger partial charge in [-0.1, -0.05) is 12.1 Å². The SMILES string of the molecule is O=C1NCCOc2ccc([B-](F)(F)F)cc21. The Labute approximate surface area is 89.6 Å². The average Bonchev–Trinajstić information content (AvgIpc) is 2.39. The van der Waals surface area contributed by atoms with Gasteiger partial charge in [0.05, 0.1) is 12.1 Å². The molecule has 1 aromatic carbocycles. The Morgan fingerprint density at radius 1 is 1.31 bits per heavy atom. The van der Waals surface area contributed by atoms with E-state index in [-0.39, 0.29) is 17.9 Å². The van der Waals surface area contributed by atoms with Crippen molar-refractivity contribution in [3.05, 3.63) is 23.8 Å². The van der Waals surface area contributed by atoms with Gasteiger partial charge in [0.1, 0.15) is 12.4 Å². The second kappa shape index (κ2) is 3.73. The van der Waals surface area contributed by atoms with Crippen LogP contribution >= 0.6 is 0 Å². The van der Waals surface area contributed by atoms with Crippen LogP contribution in [0.5, 0.6) is 5.75 Å². The van der Waals surface area contributed by atoms with E-state index in [1.807, 2.05) is 0 Å². The van der Waals surface area contributed by atoms with Gasteiger partial charge in [-0.25, -0.2) is 0 Å². The van der Waals surface area contributed by atoms with E-state index in [2.05, 4.69) is 5.32 Å². The first-order chi connectivity index (χ1) is 7.48. The van der Waals surface area contributed by atoms with E-state index in [1.165, 1.54) is 6.07 Å². The van der Waals surface area contributed by atoms with Crippen molar-refractivity contribution in [2.45, 2.75) is 0 Å². The Balaban J connectivity index is 2.47. The number of benzene rings is 1. The van der Waals surface area contributed by atoms with Crippen molar-refractivity contribution in [2.75, 3.05) is 13.2 Å². The van der Waals surface area contributed by atoms with Crippen molar-refractivity contribution in [2.24, 2.45) is 0 Å². The summed E-state index contributed by atoms with van der Waals surface area (Å²) in [7, 11) is 0. The van der Waals surface area contributed by atoms with Crippen molar-refractivity contribution in [1.29, 1.82) is 0 Å². The van der Waals surface area contributed by atoms with Crippen molar-refractivity contribution in [3.8, 4) is 5.75 Å². The van der Waals surface area contributed by atoms with E-state index >= 15 is 0 Å². The molecule has 0 fully saturated rings. The minimum Gasteiger partial charge on any atom is -0.491 e. The Morgan fingerprint density at radius 2 is 2.06 bits per heavy atom. The Bertz CT molecular complexity index is 433. The summed E-state index contributed by atoms with van der Waals surface area (Å²) < 4.78 is 42.6. The highest BCUT2D eigenvalue weighted by Gasteiger charge is 2.27. The van der Waals surface area contributed by atoms with Gasteiger partial charge >= 0.3 is 6.98 Å². The second-order valence-corrected chi connectivity index (χ2v) is 3.43. The van der Waals surface area contributed by atoms with E-state index in [1.54, 1.807) is 0 Å². The largest absolute Gasteiger partial charge is 0.509 e. The van der Waals surface area contributed by atoms with Crippen LogP contribution in [0.1, 0.15) is 10.4 Å². The van der Waals surface area contributed by atoms with E-state index < -0.39 is 18.3 Å².